The lowest BCUT2D eigenvalue weighted by molar-refractivity contribution is 0.244. The van der Waals surface area contributed by atoms with Crippen molar-refractivity contribution in [3.8, 4) is 0 Å². The second-order valence-corrected chi connectivity index (χ2v) is 9.12. The topological polar surface area (TPSA) is 81.8 Å². The van der Waals surface area contributed by atoms with Crippen LogP contribution in [0.1, 0.15) is 32.1 Å². The Kier molecular flexibility index (Phi) is 6.03. The Balaban J connectivity index is 1.55. The minimum atomic E-state index is -3.13. The van der Waals surface area contributed by atoms with Crippen molar-refractivity contribution in [1.29, 1.82) is 0 Å². The van der Waals surface area contributed by atoms with Crippen molar-refractivity contribution in [2.45, 2.75) is 38.1 Å². The van der Waals surface area contributed by atoms with Crippen molar-refractivity contribution in [3.63, 3.8) is 0 Å². The molecular weight excluding hydrogens is 352 g/mol. The zero-order valence-electron chi connectivity index (χ0n) is 15.3. The fourth-order valence-corrected chi connectivity index (χ4v) is 4.48. The number of hydrogen-bond acceptors (Lipinski definition) is 4. The largest absolute Gasteiger partial charge is 0.369 e. The van der Waals surface area contributed by atoms with Crippen molar-refractivity contribution >= 4 is 27.4 Å². The van der Waals surface area contributed by atoms with Gasteiger partial charge in [-0.2, -0.15) is 4.31 Å². The van der Waals surface area contributed by atoms with Gasteiger partial charge in [-0.1, -0.05) is 25.3 Å². The molecule has 0 radical (unpaired) electrons. The van der Waals surface area contributed by atoms with Crippen molar-refractivity contribution in [2.75, 3.05) is 42.7 Å². The van der Waals surface area contributed by atoms with E-state index >= 15 is 0 Å². The van der Waals surface area contributed by atoms with Crippen LogP contribution in [0, 0.1) is 0 Å². The summed E-state index contributed by atoms with van der Waals surface area (Å²) in [4.78, 5) is 14.4. The number of carbonyl (C=O) groups excluding carboxylic acids is 1. The summed E-state index contributed by atoms with van der Waals surface area (Å²) in [5.74, 6) is 0. The number of anilines is 2. The van der Waals surface area contributed by atoms with Crippen molar-refractivity contribution in [1.82, 2.24) is 9.62 Å². The van der Waals surface area contributed by atoms with E-state index in [1.165, 1.54) is 29.8 Å². The second kappa shape index (κ2) is 8.26. The number of amides is 2. The maximum Gasteiger partial charge on any atom is 0.319 e. The summed E-state index contributed by atoms with van der Waals surface area (Å²) in [6.45, 7) is 2.26. The van der Waals surface area contributed by atoms with Gasteiger partial charge in [0.25, 0.3) is 0 Å². The minimum absolute atomic E-state index is 0.157. The van der Waals surface area contributed by atoms with Gasteiger partial charge in [0.1, 0.15) is 0 Å². The molecule has 7 nitrogen and oxygen atoms in total. The Bertz CT molecular complexity index is 724. The molecule has 2 amide bonds. The van der Waals surface area contributed by atoms with Crippen LogP contribution >= 0.6 is 0 Å². The molecule has 26 heavy (non-hydrogen) atoms. The average molecular weight is 381 g/mol. The molecule has 3 rings (SSSR count). The van der Waals surface area contributed by atoms with Gasteiger partial charge in [-0.05, 0) is 31.0 Å². The lowest BCUT2D eigenvalue weighted by Crippen LogP contribution is -2.48. The number of carbonyl (C=O) groups is 1. The summed E-state index contributed by atoms with van der Waals surface area (Å²) in [5, 5.41) is 5.97. The third-order valence-corrected chi connectivity index (χ3v) is 6.42. The first kappa shape index (κ1) is 19.0. The minimum Gasteiger partial charge on any atom is -0.369 e. The summed E-state index contributed by atoms with van der Waals surface area (Å²) in [5.41, 5.74) is 1.75. The Morgan fingerprint density at radius 2 is 1.77 bits per heavy atom. The smallest absolute Gasteiger partial charge is 0.319 e. The molecule has 2 aliphatic rings. The summed E-state index contributed by atoms with van der Waals surface area (Å²) in [7, 11) is -3.13. The Labute approximate surface area is 155 Å². The van der Waals surface area contributed by atoms with Gasteiger partial charge < -0.3 is 15.5 Å². The maximum atomic E-state index is 12.2. The number of benzene rings is 1. The Morgan fingerprint density at radius 1 is 1.08 bits per heavy atom. The summed E-state index contributed by atoms with van der Waals surface area (Å²) >= 11 is 0. The van der Waals surface area contributed by atoms with Crippen molar-refractivity contribution in [2.24, 2.45) is 0 Å². The zero-order chi connectivity index (χ0) is 18.6. The zero-order valence-corrected chi connectivity index (χ0v) is 16.1. The van der Waals surface area contributed by atoms with Gasteiger partial charge in [-0.3, -0.25) is 0 Å². The predicted octanol–water partition coefficient (Wildman–Crippen LogP) is 2.22. The maximum absolute atomic E-state index is 12.2. The molecule has 8 heteroatoms. The van der Waals surface area contributed by atoms with Crippen molar-refractivity contribution in [3.05, 3.63) is 24.3 Å². The van der Waals surface area contributed by atoms with Gasteiger partial charge >= 0.3 is 6.03 Å². The fraction of sp³-hybridized carbons (Fsp3) is 0.611. The fourth-order valence-electron chi connectivity index (χ4n) is 3.66. The molecule has 2 fully saturated rings. The van der Waals surface area contributed by atoms with Crippen LogP contribution in [0.2, 0.25) is 0 Å². The van der Waals surface area contributed by atoms with Crippen LogP contribution in [0.25, 0.3) is 0 Å². The number of sulfonamides is 1. The van der Waals surface area contributed by atoms with E-state index in [2.05, 4.69) is 15.5 Å². The molecule has 2 N–H and O–H groups in total. The Hall–Kier alpha value is -1.80. The molecule has 1 saturated carbocycles. The monoisotopic (exact) mass is 380 g/mol. The van der Waals surface area contributed by atoms with Gasteiger partial charge in [-0.25, -0.2) is 13.2 Å². The van der Waals surface area contributed by atoms with Crippen LogP contribution in [0.4, 0.5) is 16.2 Å². The van der Waals surface area contributed by atoms with Gasteiger partial charge in [0.2, 0.25) is 10.0 Å². The third kappa shape index (κ3) is 5.11. The van der Waals surface area contributed by atoms with Gasteiger partial charge in [-0.15, -0.1) is 0 Å². The highest BCUT2D eigenvalue weighted by atomic mass is 32.2. The highest BCUT2D eigenvalue weighted by Crippen LogP contribution is 2.22. The van der Waals surface area contributed by atoms with E-state index in [4.69, 9.17) is 0 Å². The average Bonchev–Trinajstić information content (AvgIpc) is 2.62. The molecule has 0 unspecified atom stereocenters. The molecule has 1 aromatic rings. The first-order valence-electron chi connectivity index (χ1n) is 9.29. The predicted molar refractivity (Wildman–Crippen MR) is 104 cm³/mol. The summed E-state index contributed by atoms with van der Waals surface area (Å²) in [6, 6.07) is 7.83. The number of rotatable bonds is 4. The standard InChI is InChI=1S/C18H28N4O3S/c1-26(24,25)22-12-10-21(11-13-22)17-9-5-8-16(14-17)20-18(23)19-15-6-3-2-4-7-15/h5,8-9,14-15H,2-4,6-7,10-13H2,1H3,(H2,19,20,23). The van der Waals surface area contributed by atoms with E-state index < -0.39 is 10.0 Å². The van der Waals surface area contributed by atoms with E-state index in [0.717, 1.165) is 24.2 Å². The SMILES string of the molecule is CS(=O)(=O)N1CCN(c2cccc(NC(=O)NC3CCCCC3)c2)CC1. The molecule has 1 aromatic carbocycles. The molecular formula is C18H28N4O3S. The molecule has 1 aliphatic heterocycles. The van der Waals surface area contributed by atoms with E-state index in [-0.39, 0.29) is 12.1 Å². The normalized spacial score (nSPS) is 20.0. The molecule has 0 bridgehead atoms. The Morgan fingerprint density at radius 3 is 2.42 bits per heavy atom. The molecule has 144 valence electrons. The summed E-state index contributed by atoms with van der Waals surface area (Å²) in [6.07, 6.45) is 6.97. The number of hydrogen-bond donors (Lipinski definition) is 2. The number of nitrogens with one attached hydrogen (secondary N) is 2. The highest BCUT2D eigenvalue weighted by molar-refractivity contribution is 7.88. The molecule has 0 spiro atoms. The quantitative estimate of drug-likeness (QED) is 0.839. The molecule has 1 heterocycles. The lowest BCUT2D eigenvalue weighted by Gasteiger charge is -2.34. The molecule has 0 atom stereocenters. The van der Waals surface area contributed by atoms with Crippen LogP contribution < -0.4 is 15.5 Å². The van der Waals surface area contributed by atoms with Crippen LogP contribution in [0.5, 0.6) is 0 Å². The van der Waals surface area contributed by atoms with Crippen LogP contribution in [0.15, 0.2) is 24.3 Å². The van der Waals surface area contributed by atoms with Crippen molar-refractivity contribution < 1.29 is 13.2 Å². The van der Waals surface area contributed by atoms with E-state index in [1.54, 1.807) is 0 Å². The molecule has 0 aromatic heterocycles. The van der Waals surface area contributed by atoms with Gasteiger partial charge in [0.05, 0.1) is 6.26 Å². The molecule has 1 aliphatic carbocycles. The first-order valence-corrected chi connectivity index (χ1v) is 11.1. The van der Waals surface area contributed by atoms with Crippen LogP contribution in [-0.4, -0.2) is 57.2 Å². The van der Waals surface area contributed by atoms with Crippen LogP contribution in [-0.2, 0) is 10.0 Å². The van der Waals surface area contributed by atoms with Gasteiger partial charge in [0.15, 0.2) is 0 Å². The van der Waals surface area contributed by atoms with Gasteiger partial charge in [0, 0.05) is 43.6 Å². The lowest BCUT2D eigenvalue weighted by atomic mass is 9.96. The second-order valence-electron chi connectivity index (χ2n) is 7.13. The van der Waals surface area contributed by atoms with E-state index in [9.17, 15) is 13.2 Å². The summed E-state index contributed by atoms with van der Waals surface area (Å²) < 4.78 is 24.7. The van der Waals surface area contributed by atoms with E-state index in [1.807, 2.05) is 24.3 Å². The number of urea groups is 1. The number of nitrogens with zero attached hydrogens (tertiary/aromatic N) is 2. The first-order chi connectivity index (χ1) is 12.4. The number of piperazine rings is 1. The third-order valence-electron chi connectivity index (χ3n) is 5.12. The highest BCUT2D eigenvalue weighted by Gasteiger charge is 2.23. The molecule has 1 saturated heterocycles. The van der Waals surface area contributed by atoms with E-state index in [0.29, 0.717) is 26.2 Å². The van der Waals surface area contributed by atoms with Crippen LogP contribution in [0.3, 0.4) is 0 Å².